The van der Waals surface area contributed by atoms with Gasteiger partial charge in [-0.15, -0.1) is 0 Å². The number of hydrogen-bond donors (Lipinski definition) is 1. The second-order valence-electron chi connectivity index (χ2n) is 4.00. The summed E-state index contributed by atoms with van der Waals surface area (Å²) in [5.41, 5.74) is 0. The van der Waals surface area contributed by atoms with E-state index in [2.05, 4.69) is 0 Å². The Labute approximate surface area is 142 Å². The first kappa shape index (κ1) is 19.2. The Morgan fingerprint density at radius 1 is 1.00 bits per heavy atom. The number of carbonyl (C=O) groups is 1. The van der Waals surface area contributed by atoms with Crippen molar-refractivity contribution in [1.29, 1.82) is 0 Å². The molecule has 0 heterocycles. The van der Waals surface area contributed by atoms with Gasteiger partial charge in [-0.25, -0.2) is 0 Å². The van der Waals surface area contributed by atoms with Gasteiger partial charge in [-0.05, 0) is 25.7 Å². The average Bonchev–Trinajstić information content (AvgIpc) is 2.21. The van der Waals surface area contributed by atoms with Crippen LogP contribution in [0.25, 0.3) is 0 Å². The Morgan fingerprint density at radius 2 is 1.38 bits per heavy atom. The SMILES string of the molecule is CCC(CC)C(=O)/C=C(\O)C(CC)CC.[K]. The van der Waals surface area contributed by atoms with Crippen LogP contribution < -0.4 is 0 Å². The molecule has 0 atom stereocenters. The summed E-state index contributed by atoms with van der Waals surface area (Å²) in [4.78, 5) is 11.7. The molecule has 0 bridgehead atoms. The second kappa shape index (κ2) is 11.0. The molecule has 1 N–H and O–H groups in total. The minimum absolute atomic E-state index is 0. The molecule has 0 spiro atoms. The third-order valence-electron chi connectivity index (χ3n) is 3.08. The van der Waals surface area contributed by atoms with Gasteiger partial charge in [-0.2, -0.15) is 0 Å². The number of rotatable bonds is 7. The van der Waals surface area contributed by atoms with Gasteiger partial charge in [-0.1, -0.05) is 27.7 Å². The second-order valence-corrected chi connectivity index (χ2v) is 4.00. The van der Waals surface area contributed by atoms with Crippen LogP contribution in [-0.4, -0.2) is 62.3 Å². The van der Waals surface area contributed by atoms with Crippen LogP contribution in [0.1, 0.15) is 53.4 Å². The van der Waals surface area contributed by atoms with E-state index < -0.39 is 0 Å². The van der Waals surface area contributed by atoms with Crippen LogP contribution in [0.2, 0.25) is 0 Å². The number of aliphatic hydroxyl groups excluding tert-OH is 1. The summed E-state index contributed by atoms with van der Waals surface area (Å²) in [7, 11) is 0. The molecule has 16 heavy (non-hydrogen) atoms. The van der Waals surface area contributed by atoms with Gasteiger partial charge in [0.1, 0.15) is 0 Å². The predicted octanol–water partition coefficient (Wildman–Crippen LogP) is 3.49. The van der Waals surface area contributed by atoms with E-state index in [0.29, 0.717) is 0 Å². The topological polar surface area (TPSA) is 37.3 Å². The number of hydrogen-bond acceptors (Lipinski definition) is 2. The van der Waals surface area contributed by atoms with Crippen molar-refractivity contribution in [3.8, 4) is 0 Å². The van der Waals surface area contributed by atoms with Crippen molar-refractivity contribution in [1.82, 2.24) is 0 Å². The smallest absolute Gasteiger partial charge is 0.162 e. The standard InChI is InChI=1S/C13H24O2.K/c1-5-10(6-2)12(14)9-13(15)11(7-3)8-4;/h9-11,14H,5-8H2,1-4H3;/b12-9-;. The van der Waals surface area contributed by atoms with Crippen molar-refractivity contribution >= 4 is 57.2 Å². The molecule has 0 saturated heterocycles. The van der Waals surface area contributed by atoms with Crippen molar-refractivity contribution in [3.63, 3.8) is 0 Å². The molecule has 0 unspecified atom stereocenters. The maximum atomic E-state index is 11.7. The fourth-order valence-electron chi connectivity index (χ4n) is 1.78. The summed E-state index contributed by atoms with van der Waals surface area (Å²) >= 11 is 0. The fraction of sp³-hybridized carbons (Fsp3) is 0.769. The zero-order chi connectivity index (χ0) is 11.8. The zero-order valence-electron chi connectivity index (χ0n) is 11.4. The maximum Gasteiger partial charge on any atom is 0.162 e. The minimum atomic E-state index is 0. The zero-order valence-corrected chi connectivity index (χ0v) is 14.5. The largest absolute Gasteiger partial charge is 0.512 e. The molecule has 1 radical (unpaired) electrons. The molecule has 0 fully saturated rings. The van der Waals surface area contributed by atoms with E-state index in [9.17, 15) is 9.90 Å². The van der Waals surface area contributed by atoms with Crippen LogP contribution in [0.5, 0.6) is 0 Å². The van der Waals surface area contributed by atoms with Gasteiger partial charge in [0.05, 0.1) is 5.76 Å². The van der Waals surface area contributed by atoms with Crippen molar-refractivity contribution in [3.05, 3.63) is 11.8 Å². The van der Waals surface area contributed by atoms with Gasteiger partial charge in [0.25, 0.3) is 0 Å². The van der Waals surface area contributed by atoms with Crippen molar-refractivity contribution < 1.29 is 9.90 Å². The first-order valence-electron chi connectivity index (χ1n) is 6.04. The van der Waals surface area contributed by atoms with E-state index >= 15 is 0 Å². The van der Waals surface area contributed by atoms with E-state index in [-0.39, 0.29) is 74.8 Å². The van der Waals surface area contributed by atoms with E-state index in [0.717, 1.165) is 25.7 Å². The van der Waals surface area contributed by atoms with Crippen LogP contribution in [0.3, 0.4) is 0 Å². The Balaban J connectivity index is 0. The number of ketones is 1. The number of carbonyl (C=O) groups excluding carboxylic acids is 1. The molecule has 0 aliphatic rings. The molecule has 0 amide bonds. The molecule has 0 aliphatic heterocycles. The first-order chi connectivity index (χ1) is 7.10. The summed E-state index contributed by atoms with van der Waals surface area (Å²) in [6.45, 7) is 8.07. The van der Waals surface area contributed by atoms with Crippen LogP contribution in [-0.2, 0) is 4.79 Å². The van der Waals surface area contributed by atoms with Crippen LogP contribution in [0, 0.1) is 11.8 Å². The van der Waals surface area contributed by atoms with E-state index in [1.165, 1.54) is 6.08 Å². The van der Waals surface area contributed by atoms with Crippen LogP contribution in [0.4, 0.5) is 0 Å². The minimum Gasteiger partial charge on any atom is -0.512 e. The van der Waals surface area contributed by atoms with Crippen LogP contribution >= 0.6 is 0 Å². The molecule has 2 nitrogen and oxygen atoms in total. The molecule has 0 aromatic rings. The Bertz CT molecular complexity index is 216. The third-order valence-corrected chi connectivity index (χ3v) is 3.08. The van der Waals surface area contributed by atoms with Crippen molar-refractivity contribution in [2.75, 3.05) is 0 Å². The summed E-state index contributed by atoms with van der Waals surface area (Å²) in [6, 6.07) is 0. The molecule has 89 valence electrons. The molecule has 0 rings (SSSR count). The van der Waals surface area contributed by atoms with Crippen molar-refractivity contribution in [2.24, 2.45) is 11.8 Å². The summed E-state index contributed by atoms with van der Waals surface area (Å²) < 4.78 is 0. The quantitative estimate of drug-likeness (QED) is 0.427. The van der Waals surface area contributed by atoms with Gasteiger partial charge in [0.15, 0.2) is 5.78 Å². The third kappa shape index (κ3) is 6.55. The molecule has 0 saturated carbocycles. The molecule has 0 aliphatic carbocycles. The van der Waals surface area contributed by atoms with Gasteiger partial charge < -0.3 is 5.11 Å². The normalized spacial score (nSPS) is 11.8. The average molecular weight is 251 g/mol. The van der Waals surface area contributed by atoms with Gasteiger partial charge in [0.2, 0.25) is 0 Å². The predicted molar refractivity (Wildman–Crippen MR) is 69.6 cm³/mol. The number of aliphatic hydroxyl groups is 1. The van der Waals surface area contributed by atoms with Gasteiger partial charge in [-0.3, -0.25) is 4.79 Å². The van der Waals surface area contributed by atoms with Gasteiger partial charge >= 0.3 is 0 Å². The summed E-state index contributed by atoms with van der Waals surface area (Å²) in [5.74, 6) is 0.547. The molecule has 3 heteroatoms. The van der Waals surface area contributed by atoms with E-state index in [1.807, 2.05) is 27.7 Å². The van der Waals surface area contributed by atoms with E-state index in [1.54, 1.807) is 0 Å². The molecular formula is C13H24KO2. The van der Waals surface area contributed by atoms with Crippen molar-refractivity contribution in [2.45, 2.75) is 53.4 Å². The van der Waals surface area contributed by atoms with Crippen LogP contribution in [0.15, 0.2) is 11.8 Å². The fourth-order valence-corrected chi connectivity index (χ4v) is 1.78. The maximum absolute atomic E-state index is 11.7. The Hall–Kier alpha value is 0.846. The summed E-state index contributed by atoms with van der Waals surface area (Å²) in [6.07, 6.45) is 4.91. The van der Waals surface area contributed by atoms with E-state index in [4.69, 9.17) is 0 Å². The first-order valence-corrected chi connectivity index (χ1v) is 6.04. The molecule has 0 aromatic carbocycles. The summed E-state index contributed by atoms with van der Waals surface area (Å²) in [5, 5.41) is 9.76. The molecule has 0 aromatic heterocycles. The Kier molecular flexibility index (Phi) is 13.2. The number of allylic oxidation sites excluding steroid dienone is 2. The molecular weight excluding hydrogens is 227 g/mol. The monoisotopic (exact) mass is 251 g/mol. The van der Waals surface area contributed by atoms with Gasteiger partial charge in [0, 0.05) is 69.3 Å². The Morgan fingerprint density at radius 3 is 1.69 bits per heavy atom.